The molecule has 1 aliphatic carbocycles. The van der Waals surface area contributed by atoms with Gasteiger partial charge in [0.05, 0.1) is 4.90 Å². The molecule has 0 N–H and O–H groups in total. The van der Waals surface area contributed by atoms with Gasteiger partial charge in [0.25, 0.3) is 0 Å². The minimum absolute atomic E-state index is 0.373. The monoisotopic (exact) mass is 362 g/mol. The molecule has 0 aliphatic heterocycles. The third-order valence-corrected chi connectivity index (χ3v) is 7.25. The van der Waals surface area contributed by atoms with E-state index in [2.05, 4.69) is 38.1 Å². The summed E-state index contributed by atoms with van der Waals surface area (Å²) in [4.78, 5) is 0.373. The van der Waals surface area contributed by atoms with Crippen molar-refractivity contribution in [3.63, 3.8) is 0 Å². The highest BCUT2D eigenvalue weighted by Gasteiger charge is 2.39. The molecule has 1 aliphatic rings. The first-order valence-corrected chi connectivity index (χ1v) is 10.5. The Labute approximate surface area is 155 Å². The summed E-state index contributed by atoms with van der Waals surface area (Å²) in [5, 5.41) is -0.643. The third-order valence-electron chi connectivity index (χ3n) is 5.19. The van der Waals surface area contributed by atoms with Crippen molar-refractivity contribution >= 4 is 9.84 Å². The molecule has 0 aromatic heterocycles. The first-order chi connectivity index (χ1) is 12.4. The second kappa shape index (κ2) is 6.10. The molecule has 3 heteroatoms. The molecule has 4 rings (SSSR count). The number of fused-ring (bicyclic) bond motifs is 3. The van der Waals surface area contributed by atoms with Crippen LogP contribution in [0.15, 0.2) is 71.6 Å². The highest BCUT2D eigenvalue weighted by Crippen LogP contribution is 2.50. The number of aryl methyl sites for hydroxylation is 1. The largest absolute Gasteiger partial charge is 0.223 e. The molecule has 132 valence electrons. The zero-order valence-corrected chi connectivity index (χ0v) is 16.0. The Balaban J connectivity index is 1.99. The van der Waals surface area contributed by atoms with Gasteiger partial charge in [-0.2, -0.15) is 0 Å². The molecule has 0 fully saturated rings. The van der Waals surface area contributed by atoms with Crippen LogP contribution in [0.4, 0.5) is 0 Å². The van der Waals surface area contributed by atoms with E-state index in [1.807, 2.05) is 25.1 Å². The van der Waals surface area contributed by atoms with E-state index in [0.29, 0.717) is 10.8 Å². The molecule has 0 bridgehead atoms. The van der Waals surface area contributed by atoms with Crippen molar-refractivity contribution in [2.45, 2.75) is 36.8 Å². The predicted molar refractivity (Wildman–Crippen MR) is 106 cm³/mol. The van der Waals surface area contributed by atoms with Crippen LogP contribution in [0, 0.1) is 6.92 Å². The Morgan fingerprint density at radius 3 is 2.23 bits per heavy atom. The summed E-state index contributed by atoms with van der Waals surface area (Å²) in [6.07, 6.45) is 0. The number of sulfone groups is 1. The second-order valence-corrected chi connectivity index (χ2v) is 9.36. The molecule has 0 amide bonds. The molecule has 1 unspecified atom stereocenters. The van der Waals surface area contributed by atoms with Gasteiger partial charge >= 0.3 is 0 Å². The van der Waals surface area contributed by atoms with E-state index in [1.54, 1.807) is 24.3 Å². The predicted octanol–water partition coefficient (Wildman–Crippen LogP) is 5.66. The topological polar surface area (TPSA) is 34.1 Å². The molecule has 2 nitrogen and oxygen atoms in total. The Morgan fingerprint density at radius 1 is 0.808 bits per heavy atom. The van der Waals surface area contributed by atoms with Gasteiger partial charge in [0.1, 0.15) is 5.25 Å². The Bertz CT molecular complexity index is 1080. The number of benzene rings is 3. The summed E-state index contributed by atoms with van der Waals surface area (Å²) >= 11 is 0. The van der Waals surface area contributed by atoms with Gasteiger partial charge in [-0.05, 0) is 52.8 Å². The van der Waals surface area contributed by atoms with E-state index < -0.39 is 15.1 Å². The van der Waals surface area contributed by atoms with Crippen LogP contribution >= 0.6 is 0 Å². The molecule has 1 atom stereocenters. The van der Waals surface area contributed by atoms with Gasteiger partial charge in [0.2, 0.25) is 0 Å². The van der Waals surface area contributed by atoms with Gasteiger partial charge in [0, 0.05) is 0 Å². The summed E-state index contributed by atoms with van der Waals surface area (Å²) in [5.74, 6) is 0.402. The van der Waals surface area contributed by atoms with Crippen molar-refractivity contribution in [3.8, 4) is 11.1 Å². The minimum Gasteiger partial charge on any atom is -0.223 e. The van der Waals surface area contributed by atoms with E-state index in [0.717, 1.165) is 27.8 Å². The first kappa shape index (κ1) is 17.0. The maximum Gasteiger partial charge on any atom is 0.189 e. The molecule has 0 saturated heterocycles. The van der Waals surface area contributed by atoms with Crippen molar-refractivity contribution in [2.75, 3.05) is 0 Å². The van der Waals surface area contributed by atoms with Crippen LogP contribution in [0.2, 0.25) is 0 Å². The molecule has 3 aromatic carbocycles. The van der Waals surface area contributed by atoms with Crippen molar-refractivity contribution in [1.82, 2.24) is 0 Å². The maximum absolute atomic E-state index is 13.5. The lowest BCUT2D eigenvalue weighted by Crippen LogP contribution is -2.13. The van der Waals surface area contributed by atoms with E-state index in [4.69, 9.17) is 0 Å². The Kier molecular flexibility index (Phi) is 4.00. The molecule has 0 heterocycles. The first-order valence-electron chi connectivity index (χ1n) is 8.93. The van der Waals surface area contributed by atoms with E-state index >= 15 is 0 Å². The normalized spacial score (nSPS) is 15.8. The van der Waals surface area contributed by atoms with Crippen LogP contribution in [-0.2, 0) is 9.84 Å². The summed E-state index contributed by atoms with van der Waals surface area (Å²) in [6.45, 7) is 6.32. The van der Waals surface area contributed by atoms with Crippen molar-refractivity contribution in [1.29, 1.82) is 0 Å². The third kappa shape index (κ3) is 2.58. The summed E-state index contributed by atoms with van der Waals surface area (Å²) < 4.78 is 27.0. The summed E-state index contributed by atoms with van der Waals surface area (Å²) in [7, 11) is -3.52. The zero-order valence-electron chi connectivity index (χ0n) is 15.2. The number of hydrogen-bond acceptors (Lipinski definition) is 2. The van der Waals surface area contributed by atoms with Crippen molar-refractivity contribution in [3.05, 3.63) is 89.0 Å². The average Bonchev–Trinajstić information content (AvgIpc) is 2.95. The fourth-order valence-corrected chi connectivity index (χ4v) is 5.67. The minimum atomic E-state index is -3.52. The highest BCUT2D eigenvalue weighted by atomic mass is 32.2. The smallest absolute Gasteiger partial charge is 0.189 e. The lowest BCUT2D eigenvalue weighted by molar-refractivity contribution is 0.590. The zero-order chi connectivity index (χ0) is 18.5. The van der Waals surface area contributed by atoms with Crippen molar-refractivity contribution in [2.24, 2.45) is 0 Å². The van der Waals surface area contributed by atoms with Gasteiger partial charge in [-0.25, -0.2) is 8.42 Å². The molecule has 3 aromatic rings. The van der Waals surface area contributed by atoms with Gasteiger partial charge in [0.15, 0.2) is 9.84 Å². The lowest BCUT2D eigenvalue weighted by atomic mass is 9.97. The molecule has 0 spiro atoms. The van der Waals surface area contributed by atoms with Crippen LogP contribution in [0.1, 0.15) is 47.3 Å². The standard InChI is InChI=1S/C23H22O2S/c1-15(2)17-10-12-20-21(14-17)19-11-9-16(3)13-22(19)23(20)26(24,25)18-7-5-4-6-8-18/h4-15,23H,1-3H3. The number of rotatable bonds is 3. The molecular formula is C23H22O2S. The molecular weight excluding hydrogens is 340 g/mol. The molecule has 0 radical (unpaired) electrons. The number of hydrogen-bond donors (Lipinski definition) is 0. The van der Waals surface area contributed by atoms with Gasteiger partial charge in [-0.3, -0.25) is 0 Å². The van der Waals surface area contributed by atoms with Crippen LogP contribution in [0.5, 0.6) is 0 Å². The quantitative estimate of drug-likeness (QED) is 0.602. The van der Waals surface area contributed by atoms with Crippen LogP contribution in [0.25, 0.3) is 11.1 Å². The van der Waals surface area contributed by atoms with Crippen LogP contribution < -0.4 is 0 Å². The lowest BCUT2D eigenvalue weighted by Gasteiger charge is -2.16. The second-order valence-electron chi connectivity index (χ2n) is 7.33. The van der Waals surface area contributed by atoms with E-state index in [-0.39, 0.29) is 0 Å². The molecule has 0 saturated carbocycles. The fourth-order valence-electron chi connectivity index (χ4n) is 3.79. The SMILES string of the molecule is Cc1ccc2c(c1)C(S(=O)(=O)c1ccccc1)c1ccc(C(C)C)cc1-2. The highest BCUT2D eigenvalue weighted by molar-refractivity contribution is 7.92. The fraction of sp³-hybridized carbons (Fsp3) is 0.217. The van der Waals surface area contributed by atoms with Gasteiger partial charge < -0.3 is 0 Å². The Hall–Kier alpha value is -2.39. The van der Waals surface area contributed by atoms with Gasteiger partial charge in [-0.15, -0.1) is 0 Å². The van der Waals surface area contributed by atoms with Crippen LogP contribution in [-0.4, -0.2) is 8.42 Å². The Morgan fingerprint density at radius 2 is 1.54 bits per heavy atom. The maximum atomic E-state index is 13.5. The molecule has 26 heavy (non-hydrogen) atoms. The average molecular weight is 362 g/mol. The summed E-state index contributed by atoms with van der Waals surface area (Å²) in [5.41, 5.74) is 6.18. The van der Waals surface area contributed by atoms with Gasteiger partial charge in [-0.1, -0.05) is 74.0 Å². The van der Waals surface area contributed by atoms with Crippen molar-refractivity contribution < 1.29 is 8.42 Å². The van der Waals surface area contributed by atoms with E-state index in [1.165, 1.54) is 5.56 Å². The van der Waals surface area contributed by atoms with E-state index in [9.17, 15) is 8.42 Å². The summed E-state index contributed by atoms with van der Waals surface area (Å²) in [6, 6.07) is 21.1. The van der Waals surface area contributed by atoms with Crippen LogP contribution in [0.3, 0.4) is 0 Å².